The molecule has 0 saturated carbocycles. The molecule has 3 rings (SSSR count). The number of carbonyl (C=O) groups is 4. The molecule has 2 aromatic rings. The van der Waals surface area contributed by atoms with Crippen LogP contribution in [0.25, 0.3) is 0 Å². The molecule has 14 nitrogen and oxygen atoms in total. The first-order valence-corrected chi connectivity index (χ1v) is 14.5. The number of nitrogens with two attached hydrogens (primary N) is 4. The number of carbonyl (C=O) groups excluding carboxylic acids is 3. The van der Waals surface area contributed by atoms with Gasteiger partial charge in [-0.2, -0.15) is 0 Å². The molecule has 0 aliphatic carbocycles. The fourth-order valence-corrected chi connectivity index (χ4v) is 4.78. The van der Waals surface area contributed by atoms with Crippen LogP contribution in [0.15, 0.2) is 52.4 Å². The zero-order chi connectivity index (χ0) is 32.1. The van der Waals surface area contributed by atoms with E-state index < -0.39 is 11.9 Å². The number of rotatable bonds is 16. The van der Waals surface area contributed by atoms with Crippen LogP contribution in [0.5, 0.6) is 0 Å². The third-order valence-corrected chi connectivity index (χ3v) is 6.92. The Morgan fingerprint density at radius 2 is 1.59 bits per heavy atom. The molecule has 0 spiro atoms. The molecule has 14 heteroatoms. The van der Waals surface area contributed by atoms with Gasteiger partial charge in [0.2, 0.25) is 11.8 Å². The molecular weight excluding hydrogens is 566 g/mol. The molecule has 236 valence electrons. The fourth-order valence-electron chi connectivity index (χ4n) is 4.78. The number of carboxylic acids is 1. The van der Waals surface area contributed by atoms with Crippen LogP contribution in [0.2, 0.25) is 0 Å². The van der Waals surface area contributed by atoms with E-state index in [4.69, 9.17) is 22.9 Å². The van der Waals surface area contributed by atoms with Gasteiger partial charge in [0.1, 0.15) is 6.54 Å². The largest absolute Gasteiger partial charge is 0.481 e. The lowest BCUT2D eigenvalue weighted by molar-refractivity contribution is -0.137. The lowest BCUT2D eigenvalue weighted by Gasteiger charge is -2.23. The molecule has 1 aliphatic heterocycles. The average Bonchev–Trinajstić information content (AvgIpc) is 3.06. The van der Waals surface area contributed by atoms with E-state index in [2.05, 4.69) is 15.3 Å². The van der Waals surface area contributed by atoms with Crippen LogP contribution >= 0.6 is 0 Å². The average molecular weight is 608 g/mol. The van der Waals surface area contributed by atoms with Crippen molar-refractivity contribution in [2.75, 3.05) is 36.4 Å². The van der Waals surface area contributed by atoms with Crippen LogP contribution < -0.4 is 33.2 Å². The first-order valence-electron chi connectivity index (χ1n) is 14.5. The van der Waals surface area contributed by atoms with Crippen molar-refractivity contribution in [1.82, 2.24) is 4.90 Å². The minimum Gasteiger partial charge on any atom is -0.481 e. The summed E-state index contributed by atoms with van der Waals surface area (Å²) in [6.45, 7) is 0.685. The molecule has 2 aromatic carbocycles. The first kappa shape index (κ1) is 33.4. The minimum atomic E-state index is -1.06. The number of hydrogen-bond acceptors (Lipinski definition) is 6. The predicted molar refractivity (Wildman–Crippen MR) is 169 cm³/mol. The molecule has 10 N–H and O–H groups in total. The SMILES string of the molecule is NC(N)=NCCCCCc1ccc2c(c1)C(=O)N(CCC(=O)O)CC(=O)N2Cc1cccc(NC(=O)CCCN=C(N)N)c1. The number of guanidine groups is 2. The van der Waals surface area contributed by atoms with Gasteiger partial charge in [-0.3, -0.25) is 29.2 Å². The molecule has 0 atom stereocenters. The number of unbranched alkanes of at least 4 members (excludes halogenated alkanes) is 2. The van der Waals surface area contributed by atoms with Crippen LogP contribution in [0.4, 0.5) is 11.4 Å². The van der Waals surface area contributed by atoms with Gasteiger partial charge < -0.3 is 43.2 Å². The third-order valence-electron chi connectivity index (χ3n) is 6.92. The topological polar surface area (TPSA) is 236 Å². The first-order chi connectivity index (χ1) is 21.0. The van der Waals surface area contributed by atoms with Gasteiger partial charge in [-0.15, -0.1) is 0 Å². The smallest absolute Gasteiger partial charge is 0.305 e. The van der Waals surface area contributed by atoms with Gasteiger partial charge in [0, 0.05) is 31.7 Å². The summed E-state index contributed by atoms with van der Waals surface area (Å²) in [5.74, 6) is -1.96. The number of fused-ring (bicyclic) bond motifs is 1. The summed E-state index contributed by atoms with van der Waals surface area (Å²) >= 11 is 0. The molecule has 3 amide bonds. The summed E-state index contributed by atoms with van der Waals surface area (Å²) in [6, 6.07) is 12.6. The van der Waals surface area contributed by atoms with Gasteiger partial charge in [0.25, 0.3) is 5.91 Å². The molecule has 1 heterocycles. The Bertz CT molecular complexity index is 1400. The van der Waals surface area contributed by atoms with E-state index in [1.165, 1.54) is 9.80 Å². The van der Waals surface area contributed by atoms with Crippen LogP contribution in [0.3, 0.4) is 0 Å². The van der Waals surface area contributed by atoms with Gasteiger partial charge in [-0.1, -0.05) is 24.6 Å². The molecule has 0 radical (unpaired) electrons. The van der Waals surface area contributed by atoms with Crippen molar-refractivity contribution in [2.45, 2.75) is 51.5 Å². The maximum Gasteiger partial charge on any atom is 0.305 e. The molecule has 0 aromatic heterocycles. The van der Waals surface area contributed by atoms with Gasteiger partial charge >= 0.3 is 5.97 Å². The maximum absolute atomic E-state index is 13.6. The van der Waals surface area contributed by atoms with E-state index in [9.17, 15) is 24.3 Å². The highest BCUT2D eigenvalue weighted by molar-refractivity contribution is 6.09. The highest BCUT2D eigenvalue weighted by Crippen LogP contribution is 2.30. The second kappa shape index (κ2) is 16.5. The summed E-state index contributed by atoms with van der Waals surface area (Å²) in [5.41, 5.74) is 24.4. The van der Waals surface area contributed by atoms with E-state index >= 15 is 0 Å². The number of carboxylic acid groups (broad SMARTS) is 1. The van der Waals surface area contributed by atoms with Gasteiger partial charge in [-0.05, 0) is 61.1 Å². The lowest BCUT2D eigenvalue weighted by Crippen LogP contribution is -2.40. The molecule has 1 aliphatic rings. The van der Waals surface area contributed by atoms with Crippen molar-refractivity contribution in [3.63, 3.8) is 0 Å². The number of amides is 3. The van der Waals surface area contributed by atoms with Crippen molar-refractivity contribution in [3.05, 3.63) is 59.2 Å². The Morgan fingerprint density at radius 3 is 2.30 bits per heavy atom. The standard InChI is InChI=1S/C30H41N9O5/c31-29(32)35-13-3-1-2-6-20-10-11-24-23(17-20)28(44)38(15-12-27(42)43)19-26(41)39(24)18-21-7-4-8-22(16-21)37-25(40)9-5-14-36-30(33)34/h4,7-8,10-11,16-17H,1-3,5-6,9,12-15,18-19H2,(H,37,40)(H,42,43)(H4,31,32,35)(H4,33,34,36). The summed E-state index contributed by atoms with van der Waals surface area (Å²) < 4.78 is 0. The summed E-state index contributed by atoms with van der Waals surface area (Å²) in [5, 5.41) is 12.1. The highest BCUT2D eigenvalue weighted by atomic mass is 16.4. The highest BCUT2D eigenvalue weighted by Gasteiger charge is 2.32. The normalized spacial score (nSPS) is 12.7. The fraction of sp³-hybridized carbons (Fsp3) is 0.400. The number of aliphatic imine (C=N–C) groups is 2. The number of anilines is 2. The van der Waals surface area contributed by atoms with Crippen molar-refractivity contribution >= 4 is 47.0 Å². The van der Waals surface area contributed by atoms with E-state index in [0.717, 1.165) is 30.4 Å². The Kier molecular flexibility index (Phi) is 12.5. The second-order valence-corrected chi connectivity index (χ2v) is 10.5. The number of aliphatic carboxylic acids is 1. The number of nitrogens with one attached hydrogen (secondary N) is 1. The van der Waals surface area contributed by atoms with Crippen molar-refractivity contribution in [3.8, 4) is 0 Å². The van der Waals surface area contributed by atoms with Gasteiger partial charge in [0.15, 0.2) is 11.9 Å². The third kappa shape index (κ3) is 10.6. The molecule has 0 bridgehead atoms. The second-order valence-electron chi connectivity index (χ2n) is 10.5. The van der Waals surface area contributed by atoms with Gasteiger partial charge in [-0.25, -0.2) is 0 Å². The molecule has 0 fully saturated rings. The number of nitrogens with zero attached hydrogens (tertiary/aromatic N) is 4. The predicted octanol–water partition coefficient (Wildman–Crippen LogP) is 1.13. The van der Waals surface area contributed by atoms with Crippen molar-refractivity contribution in [1.29, 1.82) is 0 Å². The summed E-state index contributed by atoms with van der Waals surface area (Å²) in [7, 11) is 0. The van der Waals surface area contributed by atoms with Crippen LogP contribution in [0.1, 0.15) is 60.0 Å². The Balaban J connectivity index is 1.78. The van der Waals surface area contributed by atoms with Crippen LogP contribution in [0, 0.1) is 0 Å². The van der Waals surface area contributed by atoms with E-state index in [0.29, 0.717) is 42.9 Å². The monoisotopic (exact) mass is 607 g/mol. The van der Waals surface area contributed by atoms with Crippen LogP contribution in [-0.4, -0.2) is 71.8 Å². The van der Waals surface area contributed by atoms with Crippen molar-refractivity contribution < 1.29 is 24.3 Å². The summed E-state index contributed by atoms with van der Waals surface area (Å²) in [6.07, 6.45) is 3.70. The van der Waals surface area contributed by atoms with Crippen molar-refractivity contribution in [2.24, 2.45) is 32.9 Å². The molecular formula is C30H41N9O5. The zero-order valence-electron chi connectivity index (χ0n) is 24.7. The Hall–Kier alpha value is -5.14. The van der Waals surface area contributed by atoms with E-state index in [-0.39, 0.29) is 56.2 Å². The van der Waals surface area contributed by atoms with E-state index in [1.807, 2.05) is 12.1 Å². The number of aryl methyl sites for hydroxylation is 1. The Morgan fingerprint density at radius 1 is 0.864 bits per heavy atom. The Labute approximate surface area is 256 Å². The minimum absolute atomic E-state index is 0.0262. The lowest BCUT2D eigenvalue weighted by atomic mass is 10.0. The van der Waals surface area contributed by atoms with Gasteiger partial charge in [0.05, 0.1) is 24.2 Å². The van der Waals surface area contributed by atoms with Crippen LogP contribution in [-0.2, 0) is 27.3 Å². The molecule has 44 heavy (non-hydrogen) atoms. The quantitative estimate of drug-likeness (QED) is 0.0909. The van der Waals surface area contributed by atoms with E-state index in [1.54, 1.807) is 30.3 Å². The number of hydrogen-bond donors (Lipinski definition) is 6. The molecule has 0 unspecified atom stereocenters. The maximum atomic E-state index is 13.6. The summed E-state index contributed by atoms with van der Waals surface area (Å²) in [4.78, 5) is 61.4. The molecule has 0 saturated heterocycles. The number of benzene rings is 2. The zero-order valence-corrected chi connectivity index (χ0v) is 24.7.